The van der Waals surface area contributed by atoms with Gasteiger partial charge in [0.1, 0.15) is 24.6 Å². The standard InChI is InChI=1S/C19H14ClF3IN3O2.C6H6I2N2/c1-25-17-15(7-8-26-18(17)24)27-11-5-6-16(14(20)9-11)28-12-3-2-4-13(10-12)29-19(21,22)23;1-9-5-4(7)2-3-10-6(5)8/h2-10,25H,1H3,(H,26,27);2-3,9H,1H3. The van der Waals surface area contributed by atoms with Crippen molar-refractivity contribution in [3.8, 4) is 17.2 Å². The zero-order valence-corrected chi connectivity index (χ0v) is 27.4. The molecule has 2 aromatic heterocycles. The molecule has 39 heavy (non-hydrogen) atoms. The van der Waals surface area contributed by atoms with Gasteiger partial charge in [0.2, 0.25) is 0 Å². The number of nitrogens with zero attached hydrogens (tertiary/aromatic N) is 2. The van der Waals surface area contributed by atoms with Gasteiger partial charge in [0.15, 0.2) is 0 Å². The fraction of sp³-hybridized carbons (Fsp3) is 0.120. The zero-order chi connectivity index (χ0) is 28.6. The first-order valence-corrected chi connectivity index (χ1v) is 14.5. The minimum Gasteiger partial charge on any atom is -0.456 e. The van der Waals surface area contributed by atoms with E-state index in [1.807, 2.05) is 25.4 Å². The highest BCUT2D eigenvalue weighted by Gasteiger charge is 2.31. The molecule has 0 radical (unpaired) electrons. The maximum atomic E-state index is 12.4. The molecule has 0 saturated heterocycles. The lowest BCUT2D eigenvalue weighted by atomic mass is 10.2. The Morgan fingerprint density at radius 1 is 0.821 bits per heavy atom. The van der Waals surface area contributed by atoms with E-state index in [1.54, 1.807) is 31.4 Å². The molecule has 0 atom stereocenters. The number of aromatic nitrogens is 2. The molecule has 0 aliphatic heterocycles. The van der Waals surface area contributed by atoms with E-state index in [4.69, 9.17) is 16.3 Å². The largest absolute Gasteiger partial charge is 0.573 e. The highest BCUT2D eigenvalue weighted by atomic mass is 127. The van der Waals surface area contributed by atoms with Gasteiger partial charge in [-0.25, -0.2) is 9.97 Å². The van der Waals surface area contributed by atoms with Gasteiger partial charge in [-0.2, -0.15) is 0 Å². The van der Waals surface area contributed by atoms with Crippen LogP contribution in [0.3, 0.4) is 0 Å². The average molecular weight is 896 g/mol. The fourth-order valence-electron chi connectivity index (χ4n) is 3.09. The van der Waals surface area contributed by atoms with Crippen LogP contribution in [0.15, 0.2) is 67.0 Å². The van der Waals surface area contributed by atoms with Crippen LogP contribution in [0.25, 0.3) is 0 Å². The summed E-state index contributed by atoms with van der Waals surface area (Å²) in [7, 11) is 3.70. The van der Waals surface area contributed by atoms with Gasteiger partial charge in [0.05, 0.1) is 22.1 Å². The quantitative estimate of drug-likeness (QED) is 0.126. The van der Waals surface area contributed by atoms with Crippen molar-refractivity contribution >= 4 is 102 Å². The molecule has 14 heteroatoms. The van der Waals surface area contributed by atoms with Gasteiger partial charge in [0, 0.05) is 41.8 Å². The summed E-state index contributed by atoms with van der Waals surface area (Å²) in [5.74, 6) is 0.0753. The Hall–Kier alpha value is -1.99. The monoisotopic (exact) mass is 895 g/mol. The number of ether oxygens (including phenoxy) is 2. The molecule has 0 unspecified atom stereocenters. The predicted octanol–water partition coefficient (Wildman–Crippen LogP) is 9.15. The third-order valence-corrected chi connectivity index (χ3v) is 7.57. The van der Waals surface area contributed by atoms with Crippen molar-refractivity contribution in [2.45, 2.75) is 6.36 Å². The number of anilines is 4. The fourth-order valence-corrected chi connectivity index (χ4v) is 5.96. The van der Waals surface area contributed by atoms with Crippen LogP contribution in [-0.2, 0) is 0 Å². The van der Waals surface area contributed by atoms with E-state index in [-0.39, 0.29) is 16.5 Å². The Morgan fingerprint density at radius 2 is 1.46 bits per heavy atom. The smallest absolute Gasteiger partial charge is 0.456 e. The van der Waals surface area contributed by atoms with Crippen molar-refractivity contribution < 1.29 is 22.6 Å². The number of halogens is 7. The molecule has 0 fully saturated rings. The topological polar surface area (TPSA) is 80.3 Å². The number of rotatable bonds is 7. The number of nitrogens with one attached hydrogen (secondary N) is 3. The molecule has 7 nitrogen and oxygen atoms in total. The van der Waals surface area contributed by atoms with Gasteiger partial charge in [0.25, 0.3) is 0 Å². The number of hydrogen-bond donors (Lipinski definition) is 3. The van der Waals surface area contributed by atoms with Gasteiger partial charge in [-0.05, 0) is 110 Å². The van der Waals surface area contributed by atoms with Gasteiger partial charge in [-0.3, -0.25) is 0 Å². The van der Waals surface area contributed by atoms with Gasteiger partial charge in [-0.15, -0.1) is 13.2 Å². The molecule has 2 heterocycles. The SMILES string of the molecule is CNc1c(I)ccnc1I.CNc1c(Nc2ccc(Oc3cccc(OC(F)(F)F)c3)c(Cl)c2)ccnc1I. The first-order valence-electron chi connectivity index (χ1n) is 10.9. The van der Waals surface area contributed by atoms with Crippen LogP contribution in [0.5, 0.6) is 17.2 Å². The number of pyridine rings is 2. The van der Waals surface area contributed by atoms with Crippen molar-refractivity contribution in [3.05, 3.63) is 83.0 Å². The van der Waals surface area contributed by atoms with Gasteiger partial charge in [-0.1, -0.05) is 17.7 Å². The molecule has 4 aromatic rings. The van der Waals surface area contributed by atoms with Crippen molar-refractivity contribution in [3.63, 3.8) is 0 Å². The molecule has 0 amide bonds. The zero-order valence-electron chi connectivity index (χ0n) is 20.2. The summed E-state index contributed by atoms with van der Waals surface area (Å²) in [6.45, 7) is 0. The lowest BCUT2D eigenvalue weighted by Crippen LogP contribution is -2.17. The van der Waals surface area contributed by atoms with E-state index >= 15 is 0 Å². The Balaban J connectivity index is 0.000000353. The lowest BCUT2D eigenvalue weighted by molar-refractivity contribution is -0.274. The van der Waals surface area contributed by atoms with Crippen molar-refractivity contribution in [1.82, 2.24) is 9.97 Å². The summed E-state index contributed by atoms with van der Waals surface area (Å²) in [6.07, 6.45) is -1.29. The molecule has 0 spiro atoms. The minimum absolute atomic E-state index is 0.163. The van der Waals surface area contributed by atoms with Crippen LogP contribution in [0, 0.1) is 11.0 Å². The van der Waals surface area contributed by atoms with Crippen molar-refractivity contribution in [1.29, 1.82) is 0 Å². The Kier molecular flexibility index (Phi) is 11.8. The summed E-state index contributed by atoms with van der Waals surface area (Å²) < 4.78 is 49.6. The van der Waals surface area contributed by atoms with Crippen molar-refractivity contribution in [2.75, 3.05) is 30.0 Å². The maximum absolute atomic E-state index is 12.4. The van der Waals surface area contributed by atoms with Crippen LogP contribution < -0.4 is 25.4 Å². The molecule has 0 aliphatic carbocycles. The summed E-state index contributed by atoms with van der Waals surface area (Å²) in [6, 6.07) is 14.0. The second-order valence-electron chi connectivity index (χ2n) is 7.38. The number of benzene rings is 2. The molecule has 0 aliphatic rings. The molecule has 2 aromatic carbocycles. The Morgan fingerprint density at radius 3 is 2.05 bits per heavy atom. The summed E-state index contributed by atoms with van der Waals surface area (Å²) in [4.78, 5) is 8.35. The molecule has 0 bridgehead atoms. The number of hydrogen-bond acceptors (Lipinski definition) is 7. The van der Waals surface area contributed by atoms with E-state index in [0.717, 1.165) is 30.5 Å². The van der Waals surface area contributed by atoms with Crippen LogP contribution >= 0.6 is 79.4 Å². The van der Waals surface area contributed by atoms with Crippen LogP contribution in [0.4, 0.5) is 35.9 Å². The summed E-state index contributed by atoms with van der Waals surface area (Å²) >= 11 is 12.9. The summed E-state index contributed by atoms with van der Waals surface area (Å²) in [5.41, 5.74) is 3.47. The van der Waals surface area contributed by atoms with Gasteiger partial charge >= 0.3 is 6.36 Å². The van der Waals surface area contributed by atoms with Crippen LogP contribution in [0.1, 0.15) is 0 Å². The molecule has 3 N–H and O–H groups in total. The third kappa shape index (κ3) is 9.56. The predicted molar refractivity (Wildman–Crippen MR) is 174 cm³/mol. The first-order chi connectivity index (χ1) is 18.5. The number of alkyl halides is 3. The average Bonchev–Trinajstić information content (AvgIpc) is 2.86. The van der Waals surface area contributed by atoms with E-state index in [0.29, 0.717) is 11.4 Å². The first kappa shape index (κ1) is 31.5. The van der Waals surface area contributed by atoms with E-state index < -0.39 is 6.36 Å². The van der Waals surface area contributed by atoms with E-state index in [9.17, 15) is 13.2 Å². The molecular weight excluding hydrogens is 875 g/mol. The minimum atomic E-state index is -4.78. The Labute approximate surface area is 269 Å². The highest BCUT2D eigenvalue weighted by Crippen LogP contribution is 2.36. The van der Waals surface area contributed by atoms with Crippen LogP contribution in [0.2, 0.25) is 5.02 Å². The Bertz CT molecular complexity index is 1410. The second kappa shape index (κ2) is 14.6. The molecule has 206 valence electrons. The third-order valence-electron chi connectivity index (χ3n) is 4.74. The van der Waals surface area contributed by atoms with Crippen molar-refractivity contribution in [2.24, 2.45) is 0 Å². The van der Waals surface area contributed by atoms with Gasteiger partial charge < -0.3 is 25.4 Å². The highest BCUT2D eigenvalue weighted by molar-refractivity contribution is 14.1. The normalized spacial score (nSPS) is 10.7. The summed E-state index contributed by atoms with van der Waals surface area (Å²) in [5, 5.41) is 9.69. The molecular formula is C25H20ClF3I3N5O2. The van der Waals surface area contributed by atoms with Crippen LogP contribution in [-0.4, -0.2) is 30.4 Å². The lowest BCUT2D eigenvalue weighted by Gasteiger charge is -2.14. The van der Waals surface area contributed by atoms with E-state index in [1.165, 1.54) is 21.8 Å². The molecule has 0 saturated carbocycles. The second-order valence-corrected chi connectivity index (χ2v) is 11.0. The van der Waals surface area contributed by atoms with E-state index in [2.05, 4.69) is 98.4 Å². The molecule has 4 rings (SSSR count). The maximum Gasteiger partial charge on any atom is 0.573 e.